The molecule has 3 unspecified atom stereocenters. The molecule has 1 saturated carbocycles. The Bertz CT molecular complexity index is 806. The number of piperidine rings is 2. The second-order valence-electron chi connectivity index (χ2n) is 9.97. The first-order chi connectivity index (χ1) is 14.4. The average Bonchev–Trinajstić information content (AvgIpc) is 3.30. The van der Waals surface area contributed by atoms with Crippen LogP contribution in [0.2, 0.25) is 0 Å². The second-order valence-corrected chi connectivity index (χ2v) is 9.97. The molecule has 3 aliphatic heterocycles. The van der Waals surface area contributed by atoms with Gasteiger partial charge in [0, 0.05) is 29.6 Å². The van der Waals surface area contributed by atoms with Crippen LogP contribution < -0.4 is 4.74 Å². The first kappa shape index (κ1) is 20.1. The van der Waals surface area contributed by atoms with Crippen LogP contribution in [0.25, 0.3) is 0 Å². The Hall–Kier alpha value is -1.82. The van der Waals surface area contributed by atoms with E-state index in [2.05, 4.69) is 4.90 Å². The van der Waals surface area contributed by atoms with Crippen molar-refractivity contribution in [2.75, 3.05) is 26.2 Å². The van der Waals surface area contributed by atoms with Gasteiger partial charge < -0.3 is 19.3 Å². The molecule has 1 amide bonds. The van der Waals surface area contributed by atoms with Crippen LogP contribution in [0.3, 0.4) is 0 Å². The van der Waals surface area contributed by atoms with Gasteiger partial charge >= 0.3 is 6.09 Å². The number of ether oxygens (including phenoxy) is 2. The lowest BCUT2D eigenvalue weighted by molar-refractivity contribution is 0.0426. The Labute approximate surface area is 178 Å². The van der Waals surface area contributed by atoms with Gasteiger partial charge in [0.2, 0.25) is 0 Å². The van der Waals surface area contributed by atoms with Gasteiger partial charge in [0.25, 0.3) is 0 Å². The van der Waals surface area contributed by atoms with Gasteiger partial charge in [0.1, 0.15) is 11.6 Å². The predicted octanol–water partition coefficient (Wildman–Crippen LogP) is 4.34. The summed E-state index contributed by atoms with van der Waals surface area (Å²) in [5.41, 5.74) is 1.02. The standard InChI is InChI=1S/C24H33FN2O3/c1-16(2)30-23(28)27-9-3-4-17-12-19(14-21(17)27)26-10-7-24(8-11-26)15-29-22-6-5-18(25)13-20(22)24/h5-6,13,16-17,19,21H,3-4,7-12,14-15H2,1-2H3. The van der Waals surface area contributed by atoms with Crippen molar-refractivity contribution >= 4 is 6.09 Å². The number of fused-ring (bicyclic) bond motifs is 3. The summed E-state index contributed by atoms with van der Waals surface area (Å²) < 4.78 is 25.3. The Kier molecular flexibility index (Phi) is 5.16. The number of carbonyl (C=O) groups is 1. The molecule has 1 aliphatic carbocycles. The number of nitrogens with zero attached hydrogens (tertiary/aromatic N) is 2. The Morgan fingerprint density at radius 3 is 2.80 bits per heavy atom. The van der Waals surface area contributed by atoms with E-state index in [-0.39, 0.29) is 23.4 Å². The van der Waals surface area contributed by atoms with E-state index in [1.807, 2.05) is 18.7 Å². The molecule has 1 aromatic carbocycles. The number of benzene rings is 1. The van der Waals surface area contributed by atoms with Gasteiger partial charge in [-0.15, -0.1) is 0 Å². The van der Waals surface area contributed by atoms with Gasteiger partial charge in [-0.25, -0.2) is 9.18 Å². The van der Waals surface area contributed by atoms with Crippen LogP contribution >= 0.6 is 0 Å². The van der Waals surface area contributed by atoms with Crippen LogP contribution in [0.4, 0.5) is 9.18 Å². The molecule has 3 heterocycles. The SMILES string of the molecule is CC(C)OC(=O)N1CCCC2CC(N3CCC4(CC3)COc3ccc(F)cc34)CC21. The van der Waals surface area contributed by atoms with E-state index in [0.717, 1.165) is 56.6 Å². The zero-order chi connectivity index (χ0) is 20.9. The molecule has 5 nitrogen and oxygen atoms in total. The summed E-state index contributed by atoms with van der Waals surface area (Å²) in [7, 11) is 0. The topological polar surface area (TPSA) is 42.0 Å². The smallest absolute Gasteiger partial charge is 0.410 e. The van der Waals surface area contributed by atoms with Crippen molar-refractivity contribution in [3.8, 4) is 5.75 Å². The zero-order valence-corrected chi connectivity index (χ0v) is 18.1. The molecule has 0 N–H and O–H groups in total. The molecular weight excluding hydrogens is 383 g/mol. The van der Waals surface area contributed by atoms with Crippen LogP contribution in [-0.4, -0.2) is 60.3 Å². The maximum Gasteiger partial charge on any atom is 0.410 e. The van der Waals surface area contributed by atoms with E-state index >= 15 is 0 Å². The molecule has 3 fully saturated rings. The summed E-state index contributed by atoms with van der Waals surface area (Å²) in [6, 6.07) is 5.79. The minimum atomic E-state index is -0.172. The number of rotatable bonds is 2. The normalized spacial score (nSPS) is 30.3. The second kappa shape index (κ2) is 7.70. The lowest BCUT2D eigenvalue weighted by Gasteiger charge is -2.41. The number of halogens is 1. The van der Waals surface area contributed by atoms with Crippen molar-refractivity contribution in [3.05, 3.63) is 29.6 Å². The van der Waals surface area contributed by atoms with E-state index < -0.39 is 0 Å². The molecule has 0 radical (unpaired) electrons. The van der Waals surface area contributed by atoms with E-state index in [1.165, 1.54) is 18.9 Å². The van der Waals surface area contributed by atoms with Crippen LogP contribution in [0.15, 0.2) is 18.2 Å². The lowest BCUT2D eigenvalue weighted by Crippen LogP contribution is -2.48. The van der Waals surface area contributed by atoms with Gasteiger partial charge in [-0.05, 0) is 89.6 Å². The molecule has 164 valence electrons. The van der Waals surface area contributed by atoms with Crippen molar-refractivity contribution in [1.82, 2.24) is 9.80 Å². The quantitative estimate of drug-likeness (QED) is 0.719. The molecule has 2 saturated heterocycles. The van der Waals surface area contributed by atoms with Crippen LogP contribution in [-0.2, 0) is 10.2 Å². The van der Waals surface area contributed by atoms with Gasteiger partial charge in [-0.2, -0.15) is 0 Å². The van der Waals surface area contributed by atoms with Crippen LogP contribution in [0.1, 0.15) is 57.9 Å². The minimum Gasteiger partial charge on any atom is -0.492 e. The Balaban J connectivity index is 1.24. The Morgan fingerprint density at radius 2 is 2.03 bits per heavy atom. The molecule has 6 heteroatoms. The third kappa shape index (κ3) is 3.47. The average molecular weight is 417 g/mol. The highest BCUT2D eigenvalue weighted by Crippen LogP contribution is 2.47. The monoisotopic (exact) mass is 416 g/mol. The van der Waals surface area contributed by atoms with Crippen molar-refractivity contribution in [1.29, 1.82) is 0 Å². The molecule has 1 spiro atoms. The third-order valence-electron chi connectivity index (χ3n) is 7.87. The largest absolute Gasteiger partial charge is 0.492 e. The van der Waals surface area contributed by atoms with E-state index in [1.54, 1.807) is 12.1 Å². The maximum atomic E-state index is 13.9. The van der Waals surface area contributed by atoms with Gasteiger partial charge in [0.15, 0.2) is 0 Å². The summed E-state index contributed by atoms with van der Waals surface area (Å²) in [6.45, 7) is 7.35. The molecule has 30 heavy (non-hydrogen) atoms. The Morgan fingerprint density at radius 1 is 1.23 bits per heavy atom. The number of hydrogen-bond donors (Lipinski definition) is 0. The number of carbonyl (C=O) groups excluding carboxylic acids is 1. The van der Waals surface area contributed by atoms with Crippen LogP contribution in [0.5, 0.6) is 5.75 Å². The fraction of sp³-hybridized carbons (Fsp3) is 0.708. The lowest BCUT2D eigenvalue weighted by atomic mass is 9.74. The van der Waals surface area contributed by atoms with Crippen LogP contribution in [0, 0.1) is 11.7 Å². The molecular formula is C24H33FN2O3. The molecule has 1 aromatic rings. The maximum absolute atomic E-state index is 13.9. The molecule has 4 aliphatic rings. The number of amides is 1. The zero-order valence-electron chi connectivity index (χ0n) is 18.1. The highest BCUT2D eigenvalue weighted by atomic mass is 19.1. The highest BCUT2D eigenvalue weighted by molar-refractivity contribution is 5.68. The molecule has 0 aromatic heterocycles. The van der Waals surface area contributed by atoms with Crippen molar-refractivity contribution in [2.45, 2.75) is 76.0 Å². The fourth-order valence-corrected chi connectivity index (χ4v) is 6.32. The molecule has 5 rings (SSSR count). The predicted molar refractivity (Wildman–Crippen MR) is 112 cm³/mol. The van der Waals surface area contributed by atoms with Gasteiger partial charge in [-0.3, -0.25) is 0 Å². The summed E-state index contributed by atoms with van der Waals surface area (Å²) in [6.07, 6.45) is 6.31. The van der Waals surface area contributed by atoms with Crippen molar-refractivity contribution in [2.24, 2.45) is 5.92 Å². The minimum absolute atomic E-state index is 0.0353. The number of likely N-dealkylation sites (tertiary alicyclic amines) is 2. The summed E-state index contributed by atoms with van der Waals surface area (Å²) in [5.74, 6) is 1.27. The van der Waals surface area contributed by atoms with E-state index in [9.17, 15) is 9.18 Å². The van der Waals surface area contributed by atoms with Gasteiger partial charge in [0.05, 0.1) is 12.7 Å². The van der Waals surface area contributed by atoms with Crippen molar-refractivity contribution < 1.29 is 18.7 Å². The molecule has 3 atom stereocenters. The summed E-state index contributed by atoms with van der Waals surface area (Å²) in [4.78, 5) is 17.2. The first-order valence-electron chi connectivity index (χ1n) is 11.6. The molecule has 0 bridgehead atoms. The van der Waals surface area contributed by atoms with E-state index in [0.29, 0.717) is 24.6 Å². The van der Waals surface area contributed by atoms with Gasteiger partial charge in [-0.1, -0.05) is 0 Å². The third-order valence-corrected chi connectivity index (χ3v) is 7.87. The first-order valence-corrected chi connectivity index (χ1v) is 11.6. The van der Waals surface area contributed by atoms with E-state index in [4.69, 9.17) is 9.47 Å². The summed E-state index contributed by atoms with van der Waals surface area (Å²) >= 11 is 0. The fourth-order valence-electron chi connectivity index (χ4n) is 6.32. The number of hydrogen-bond acceptors (Lipinski definition) is 4. The highest BCUT2D eigenvalue weighted by Gasteiger charge is 2.48. The summed E-state index contributed by atoms with van der Waals surface area (Å²) in [5, 5.41) is 0. The van der Waals surface area contributed by atoms with Crippen molar-refractivity contribution in [3.63, 3.8) is 0 Å².